The summed E-state index contributed by atoms with van der Waals surface area (Å²) in [5.74, 6) is 0.801. The molecule has 0 bridgehead atoms. The molecule has 0 unspecified atom stereocenters. The molecule has 2 N–H and O–H groups in total. The van der Waals surface area contributed by atoms with Crippen LogP contribution in [0.5, 0.6) is 5.75 Å². The Morgan fingerprint density at radius 1 is 1.23 bits per heavy atom. The minimum atomic E-state index is -0.364. The van der Waals surface area contributed by atoms with Crippen LogP contribution in [0, 0.1) is 0 Å². The molecule has 26 heavy (non-hydrogen) atoms. The molecule has 7 heteroatoms. The highest BCUT2D eigenvalue weighted by Gasteiger charge is 2.40. The van der Waals surface area contributed by atoms with Crippen LogP contribution in [0.15, 0.2) is 53.0 Å². The standard InChI is InChI=1S/C19H19N3O3S/c1-25-13-6-4-12(5-7-13)8-9-22-11-14-16(18(22)23)17(21-19(24)20-14)15-3-2-10-26-15/h2-7,10,17H,8-9,11H2,1H3,(H2,20,21,24)/t17-/m0/s1. The highest BCUT2D eigenvalue weighted by atomic mass is 32.1. The zero-order chi connectivity index (χ0) is 18.1. The molecule has 0 saturated carbocycles. The van der Waals surface area contributed by atoms with Crippen LogP contribution < -0.4 is 15.4 Å². The highest BCUT2D eigenvalue weighted by molar-refractivity contribution is 7.10. The molecule has 3 amide bonds. The highest BCUT2D eigenvalue weighted by Crippen LogP contribution is 2.34. The van der Waals surface area contributed by atoms with E-state index in [0.29, 0.717) is 24.4 Å². The Kier molecular flexibility index (Phi) is 4.38. The van der Waals surface area contributed by atoms with Gasteiger partial charge in [-0.2, -0.15) is 0 Å². The first kappa shape index (κ1) is 16.7. The molecule has 1 atom stereocenters. The topological polar surface area (TPSA) is 70.7 Å². The zero-order valence-corrected chi connectivity index (χ0v) is 15.1. The molecular formula is C19H19N3O3S. The van der Waals surface area contributed by atoms with Crippen molar-refractivity contribution in [3.8, 4) is 5.75 Å². The zero-order valence-electron chi connectivity index (χ0n) is 14.3. The normalized spacial score (nSPS) is 19.3. The van der Waals surface area contributed by atoms with E-state index in [1.807, 2.05) is 41.8 Å². The second kappa shape index (κ2) is 6.84. The van der Waals surface area contributed by atoms with Crippen LogP contribution in [-0.2, 0) is 11.2 Å². The van der Waals surface area contributed by atoms with Crippen molar-refractivity contribution in [2.75, 3.05) is 20.2 Å². The van der Waals surface area contributed by atoms with Gasteiger partial charge in [-0.15, -0.1) is 11.3 Å². The van der Waals surface area contributed by atoms with Gasteiger partial charge in [-0.1, -0.05) is 18.2 Å². The van der Waals surface area contributed by atoms with Gasteiger partial charge in [0.05, 0.1) is 31.0 Å². The molecule has 0 saturated heterocycles. The summed E-state index contributed by atoms with van der Waals surface area (Å²) in [6, 6.07) is 11.1. The van der Waals surface area contributed by atoms with E-state index in [4.69, 9.17) is 4.74 Å². The van der Waals surface area contributed by atoms with Crippen LogP contribution in [0.3, 0.4) is 0 Å². The molecule has 0 spiro atoms. The average molecular weight is 369 g/mol. The lowest BCUT2D eigenvalue weighted by atomic mass is 10.0. The van der Waals surface area contributed by atoms with E-state index in [1.165, 1.54) is 11.3 Å². The Bertz CT molecular complexity index is 859. The fourth-order valence-electron chi connectivity index (χ4n) is 3.33. The summed E-state index contributed by atoms with van der Waals surface area (Å²) in [5.41, 5.74) is 2.51. The smallest absolute Gasteiger partial charge is 0.319 e. The maximum absolute atomic E-state index is 12.9. The molecule has 134 valence electrons. The minimum absolute atomic E-state index is 0.0144. The number of hydrogen-bond donors (Lipinski definition) is 2. The minimum Gasteiger partial charge on any atom is -0.497 e. The van der Waals surface area contributed by atoms with Crippen molar-refractivity contribution in [3.05, 3.63) is 63.5 Å². The van der Waals surface area contributed by atoms with Gasteiger partial charge in [-0.25, -0.2) is 4.79 Å². The largest absolute Gasteiger partial charge is 0.497 e. The summed E-state index contributed by atoms with van der Waals surface area (Å²) >= 11 is 1.54. The molecular weight excluding hydrogens is 350 g/mol. The van der Waals surface area contributed by atoms with E-state index in [0.717, 1.165) is 22.6 Å². The maximum Gasteiger partial charge on any atom is 0.319 e. The van der Waals surface area contributed by atoms with Crippen LogP contribution in [-0.4, -0.2) is 37.0 Å². The lowest BCUT2D eigenvalue weighted by molar-refractivity contribution is -0.125. The molecule has 1 aromatic carbocycles. The van der Waals surface area contributed by atoms with Gasteiger partial charge in [0, 0.05) is 11.4 Å². The fraction of sp³-hybridized carbons (Fsp3) is 0.263. The number of thiophene rings is 1. The molecule has 0 fully saturated rings. The number of hydrogen-bond acceptors (Lipinski definition) is 4. The number of nitrogens with one attached hydrogen (secondary N) is 2. The predicted molar refractivity (Wildman–Crippen MR) is 99.0 cm³/mol. The van der Waals surface area contributed by atoms with E-state index in [2.05, 4.69) is 10.6 Å². The lowest BCUT2D eigenvalue weighted by Gasteiger charge is -2.24. The Hall–Kier alpha value is -2.80. The van der Waals surface area contributed by atoms with Crippen molar-refractivity contribution in [2.24, 2.45) is 0 Å². The Balaban J connectivity index is 1.48. The quantitative estimate of drug-likeness (QED) is 0.850. The summed E-state index contributed by atoms with van der Waals surface area (Å²) in [4.78, 5) is 27.7. The SMILES string of the molecule is COc1ccc(CCN2CC3=C(C2=O)[C@H](c2cccs2)NC(=O)N3)cc1. The number of ether oxygens (including phenoxy) is 1. The van der Waals surface area contributed by atoms with Crippen LogP contribution in [0.4, 0.5) is 4.79 Å². The second-order valence-electron chi connectivity index (χ2n) is 6.26. The van der Waals surface area contributed by atoms with Crippen molar-refractivity contribution in [1.29, 1.82) is 0 Å². The molecule has 2 aromatic rings. The molecule has 2 aliphatic heterocycles. The second-order valence-corrected chi connectivity index (χ2v) is 7.24. The van der Waals surface area contributed by atoms with Gasteiger partial charge in [-0.3, -0.25) is 4.79 Å². The molecule has 4 rings (SSSR count). The Morgan fingerprint density at radius 2 is 2.04 bits per heavy atom. The molecule has 3 heterocycles. The van der Waals surface area contributed by atoms with Gasteiger partial charge >= 0.3 is 6.03 Å². The van der Waals surface area contributed by atoms with Crippen molar-refractivity contribution in [2.45, 2.75) is 12.5 Å². The summed E-state index contributed by atoms with van der Waals surface area (Å²) in [5, 5.41) is 7.62. The first-order valence-corrected chi connectivity index (χ1v) is 9.30. The van der Waals surface area contributed by atoms with Gasteiger partial charge in [0.25, 0.3) is 5.91 Å². The van der Waals surface area contributed by atoms with Crippen LogP contribution >= 0.6 is 11.3 Å². The van der Waals surface area contributed by atoms with Crippen LogP contribution in [0.1, 0.15) is 16.5 Å². The molecule has 1 aromatic heterocycles. The number of nitrogens with zero attached hydrogens (tertiary/aromatic N) is 1. The monoisotopic (exact) mass is 369 g/mol. The first-order chi connectivity index (χ1) is 12.7. The van der Waals surface area contributed by atoms with E-state index in [-0.39, 0.29) is 18.0 Å². The maximum atomic E-state index is 12.9. The van der Waals surface area contributed by atoms with E-state index in [9.17, 15) is 9.59 Å². The number of carbonyl (C=O) groups excluding carboxylic acids is 2. The predicted octanol–water partition coefficient (Wildman–Crippen LogP) is 2.45. The Labute approximate surface area is 155 Å². The van der Waals surface area contributed by atoms with Gasteiger partial charge in [0.15, 0.2) is 0 Å². The van der Waals surface area contributed by atoms with Gasteiger partial charge in [-0.05, 0) is 35.6 Å². The molecule has 0 radical (unpaired) electrons. The fourth-order valence-corrected chi connectivity index (χ4v) is 4.12. The molecule has 6 nitrogen and oxygen atoms in total. The van der Waals surface area contributed by atoms with Crippen LogP contribution in [0.25, 0.3) is 0 Å². The van der Waals surface area contributed by atoms with Crippen molar-refractivity contribution >= 4 is 23.3 Å². The third-order valence-corrected chi connectivity index (χ3v) is 5.61. The van der Waals surface area contributed by atoms with E-state index < -0.39 is 0 Å². The number of urea groups is 1. The van der Waals surface area contributed by atoms with Gasteiger partial charge < -0.3 is 20.3 Å². The van der Waals surface area contributed by atoms with Crippen LogP contribution in [0.2, 0.25) is 0 Å². The third-order valence-electron chi connectivity index (χ3n) is 4.68. The molecule has 2 aliphatic rings. The Morgan fingerprint density at radius 3 is 2.73 bits per heavy atom. The van der Waals surface area contributed by atoms with Crippen molar-refractivity contribution < 1.29 is 14.3 Å². The average Bonchev–Trinajstić information content (AvgIpc) is 3.28. The lowest BCUT2D eigenvalue weighted by Crippen LogP contribution is -2.44. The number of carbonyl (C=O) groups is 2. The summed E-state index contributed by atoms with van der Waals surface area (Å²) in [6.07, 6.45) is 0.751. The first-order valence-electron chi connectivity index (χ1n) is 8.42. The summed E-state index contributed by atoms with van der Waals surface area (Å²) in [7, 11) is 1.64. The third kappa shape index (κ3) is 3.06. The number of rotatable bonds is 5. The van der Waals surface area contributed by atoms with E-state index >= 15 is 0 Å². The number of methoxy groups -OCH3 is 1. The van der Waals surface area contributed by atoms with Gasteiger partial charge in [0.1, 0.15) is 5.75 Å². The van der Waals surface area contributed by atoms with Crippen molar-refractivity contribution in [3.63, 3.8) is 0 Å². The summed E-state index contributed by atoms with van der Waals surface area (Å²) in [6.45, 7) is 1.05. The number of benzene rings is 1. The summed E-state index contributed by atoms with van der Waals surface area (Å²) < 4.78 is 5.17. The van der Waals surface area contributed by atoms with Crippen molar-refractivity contribution in [1.82, 2.24) is 15.5 Å². The number of amides is 3. The van der Waals surface area contributed by atoms with Gasteiger partial charge in [0.2, 0.25) is 0 Å². The van der Waals surface area contributed by atoms with E-state index in [1.54, 1.807) is 12.0 Å². The molecule has 0 aliphatic carbocycles.